The van der Waals surface area contributed by atoms with Crippen LogP contribution in [-0.2, 0) is 14.3 Å². The number of amides is 3. The van der Waals surface area contributed by atoms with Crippen LogP contribution in [0.3, 0.4) is 0 Å². The smallest absolute Gasteiger partial charge is 0.329 e. The molecule has 0 spiro atoms. The van der Waals surface area contributed by atoms with Crippen molar-refractivity contribution >= 4 is 35.1 Å². The highest BCUT2D eigenvalue weighted by Gasteiger charge is 2.43. The van der Waals surface area contributed by atoms with E-state index >= 15 is 0 Å². The van der Waals surface area contributed by atoms with Crippen molar-refractivity contribution in [3.63, 3.8) is 0 Å². The lowest BCUT2D eigenvalue weighted by atomic mass is 10.0. The van der Waals surface area contributed by atoms with E-state index in [4.69, 9.17) is 4.74 Å². The van der Waals surface area contributed by atoms with Gasteiger partial charge in [-0.15, -0.1) is 0 Å². The summed E-state index contributed by atoms with van der Waals surface area (Å²) < 4.78 is 5.12. The number of carbonyl (C=O) groups excluding carboxylic acids is 4. The molecule has 0 fully saturated rings. The zero-order valence-corrected chi connectivity index (χ0v) is 18.4. The Kier molecular flexibility index (Phi) is 6.86. The summed E-state index contributed by atoms with van der Waals surface area (Å²) in [6.45, 7) is 4.54. The number of carbonyl (C=O) groups is 4. The first kappa shape index (κ1) is 23.6. The fraction of sp³-hybridized carbons (Fsp3) is 0.304. The van der Waals surface area contributed by atoms with E-state index in [0.29, 0.717) is 5.56 Å². The Hall–Kier alpha value is -4.08. The van der Waals surface area contributed by atoms with Crippen molar-refractivity contribution in [2.75, 3.05) is 11.9 Å². The summed E-state index contributed by atoms with van der Waals surface area (Å²) >= 11 is 0. The second-order valence-electron chi connectivity index (χ2n) is 8.09. The van der Waals surface area contributed by atoms with E-state index in [0.717, 1.165) is 4.90 Å². The quantitative estimate of drug-likeness (QED) is 0.281. The summed E-state index contributed by atoms with van der Waals surface area (Å²) in [5.41, 5.74) is 0.868. The predicted octanol–water partition coefficient (Wildman–Crippen LogP) is 3.10. The van der Waals surface area contributed by atoms with Crippen LogP contribution in [0.2, 0.25) is 0 Å². The van der Waals surface area contributed by atoms with Gasteiger partial charge in [-0.25, -0.2) is 4.79 Å². The van der Waals surface area contributed by atoms with Crippen molar-refractivity contribution in [3.8, 4) is 0 Å². The van der Waals surface area contributed by atoms with Crippen molar-refractivity contribution < 1.29 is 28.8 Å². The first-order valence-corrected chi connectivity index (χ1v) is 10.3. The molecule has 1 atom stereocenters. The summed E-state index contributed by atoms with van der Waals surface area (Å²) in [4.78, 5) is 62.0. The molecule has 0 aliphatic carbocycles. The number of rotatable bonds is 8. The lowest BCUT2D eigenvalue weighted by Crippen LogP contribution is -2.46. The Labute approximate surface area is 189 Å². The molecule has 1 aliphatic rings. The largest absolute Gasteiger partial charge is 0.454 e. The number of fused-ring (bicyclic) bond motifs is 1. The predicted molar refractivity (Wildman–Crippen MR) is 118 cm³/mol. The summed E-state index contributed by atoms with van der Waals surface area (Å²) in [5.74, 6) is -2.83. The number of nitro groups is 1. The van der Waals surface area contributed by atoms with E-state index in [2.05, 4.69) is 5.32 Å². The van der Waals surface area contributed by atoms with Gasteiger partial charge in [-0.1, -0.05) is 32.0 Å². The average Bonchev–Trinajstić information content (AvgIpc) is 3.02. The summed E-state index contributed by atoms with van der Waals surface area (Å²) in [6.07, 6.45) is 0.163. The third-order valence-electron chi connectivity index (χ3n) is 5.14. The molecule has 0 bridgehead atoms. The molecule has 172 valence electrons. The van der Waals surface area contributed by atoms with Gasteiger partial charge in [-0.3, -0.25) is 29.4 Å². The molecule has 2 aromatic rings. The Morgan fingerprint density at radius 2 is 1.70 bits per heavy atom. The number of benzene rings is 2. The number of aryl methyl sites for hydroxylation is 1. The number of ether oxygens (including phenoxy) is 1. The maximum absolute atomic E-state index is 12.8. The lowest BCUT2D eigenvalue weighted by molar-refractivity contribution is -0.385. The fourth-order valence-electron chi connectivity index (χ4n) is 3.56. The molecule has 33 heavy (non-hydrogen) atoms. The van der Waals surface area contributed by atoms with Crippen LogP contribution in [0.4, 0.5) is 11.4 Å². The average molecular weight is 453 g/mol. The molecular weight excluding hydrogens is 430 g/mol. The molecule has 3 rings (SSSR count). The Bertz CT molecular complexity index is 1110. The van der Waals surface area contributed by atoms with Crippen LogP contribution in [0.15, 0.2) is 42.5 Å². The van der Waals surface area contributed by atoms with Gasteiger partial charge in [0.2, 0.25) is 0 Å². The minimum absolute atomic E-state index is 0.0474. The van der Waals surface area contributed by atoms with Crippen LogP contribution in [0.1, 0.15) is 46.5 Å². The van der Waals surface area contributed by atoms with Gasteiger partial charge in [0.15, 0.2) is 6.61 Å². The SMILES string of the molecule is Cc1ccc(NC(=O)COC(=O)[C@@H](CC(C)C)N2C(=O)c3ccccc3C2=O)cc1[N+](=O)[O-]. The second kappa shape index (κ2) is 9.60. The van der Waals surface area contributed by atoms with Crippen LogP contribution >= 0.6 is 0 Å². The van der Waals surface area contributed by atoms with Crippen molar-refractivity contribution in [1.29, 1.82) is 0 Å². The van der Waals surface area contributed by atoms with Crippen LogP contribution in [0, 0.1) is 23.0 Å². The van der Waals surface area contributed by atoms with Crippen LogP contribution in [-0.4, -0.2) is 46.2 Å². The molecule has 1 heterocycles. The molecule has 1 N–H and O–H groups in total. The van der Waals surface area contributed by atoms with Gasteiger partial charge in [-0.2, -0.15) is 0 Å². The number of hydrogen-bond donors (Lipinski definition) is 1. The normalized spacial score (nSPS) is 13.6. The molecule has 3 amide bonds. The third-order valence-corrected chi connectivity index (χ3v) is 5.14. The Morgan fingerprint density at radius 1 is 1.09 bits per heavy atom. The van der Waals surface area contributed by atoms with Crippen molar-refractivity contribution in [1.82, 2.24) is 4.90 Å². The van der Waals surface area contributed by atoms with Crippen molar-refractivity contribution in [2.24, 2.45) is 5.92 Å². The van der Waals surface area contributed by atoms with Gasteiger partial charge < -0.3 is 10.1 Å². The molecular formula is C23H23N3O7. The molecule has 10 heteroatoms. The molecule has 2 aromatic carbocycles. The summed E-state index contributed by atoms with van der Waals surface area (Å²) in [7, 11) is 0. The standard InChI is InChI=1S/C23H23N3O7/c1-13(2)10-19(25-21(28)16-6-4-5-7-17(16)22(25)29)23(30)33-12-20(27)24-15-9-8-14(3)18(11-15)26(31)32/h4-9,11,13,19H,10,12H2,1-3H3,(H,24,27)/t19-/m1/s1. The Morgan fingerprint density at radius 3 is 2.24 bits per heavy atom. The molecule has 10 nitrogen and oxygen atoms in total. The van der Waals surface area contributed by atoms with Gasteiger partial charge in [0.1, 0.15) is 6.04 Å². The third kappa shape index (κ3) is 5.05. The van der Waals surface area contributed by atoms with Crippen LogP contribution in [0.5, 0.6) is 0 Å². The maximum Gasteiger partial charge on any atom is 0.329 e. The molecule has 1 aliphatic heterocycles. The van der Waals surface area contributed by atoms with Crippen molar-refractivity contribution in [3.05, 3.63) is 69.3 Å². The van der Waals surface area contributed by atoms with Gasteiger partial charge in [-0.05, 0) is 37.5 Å². The van der Waals surface area contributed by atoms with Gasteiger partial charge in [0, 0.05) is 17.3 Å². The molecule has 0 unspecified atom stereocenters. The van der Waals surface area contributed by atoms with E-state index in [1.807, 2.05) is 13.8 Å². The second-order valence-corrected chi connectivity index (χ2v) is 8.09. The van der Waals surface area contributed by atoms with E-state index in [9.17, 15) is 29.3 Å². The van der Waals surface area contributed by atoms with E-state index in [1.165, 1.54) is 30.3 Å². The number of nitrogens with one attached hydrogen (secondary N) is 1. The highest BCUT2D eigenvalue weighted by atomic mass is 16.6. The molecule has 0 radical (unpaired) electrons. The lowest BCUT2D eigenvalue weighted by Gasteiger charge is -2.25. The van der Waals surface area contributed by atoms with Crippen molar-refractivity contribution in [2.45, 2.75) is 33.2 Å². The number of nitrogens with zero attached hydrogens (tertiary/aromatic N) is 2. The molecule has 0 saturated heterocycles. The van der Waals surface area contributed by atoms with E-state index < -0.39 is 41.3 Å². The molecule has 0 saturated carbocycles. The minimum atomic E-state index is -1.19. The molecule has 0 aromatic heterocycles. The number of esters is 1. The highest BCUT2D eigenvalue weighted by molar-refractivity contribution is 6.22. The number of nitro benzene ring substituents is 1. The summed E-state index contributed by atoms with van der Waals surface area (Å²) in [5, 5.41) is 13.5. The number of imide groups is 1. The maximum atomic E-state index is 12.8. The Balaban J connectivity index is 1.70. The topological polar surface area (TPSA) is 136 Å². The number of anilines is 1. The zero-order valence-electron chi connectivity index (χ0n) is 18.4. The van der Waals surface area contributed by atoms with Gasteiger partial charge in [0.05, 0.1) is 16.1 Å². The zero-order chi connectivity index (χ0) is 24.3. The fourth-order valence-corrected chi connectivity index (χ4v) is 3.56. The van der Waals surface area contributed by atoms with E-state index in [1.54, 1.807) is 19.1 Å². The van der Waals surface area contributed by atoms with Gasteiger partial charge >= 0.3 is 5.97 Å². The first-order valence-electron chi connectivity index (χ1n) is 10.3. The highest BCUT2D eigenvalue weighted by Crippen LogP contribution is 2.27. The van der Waals surface area contributed by atoms with Gasteiger partial charge in [0.25, 0.3) is 23.4 Å². The summed E-state index contributed by atoms with van der Waals surface area (Å²) in [6, 6.07) is 9.28. The van der Waals surface area contributed by atoms with Crippen LogP contribution < -0.4 is 5.32 Å². The van der Waals surface area contributed by atoms with Crippen LogP contribution in [0.25, 0.3) is 0 Å². The first-order chi connectivity index (χ1) is 15.6. The minimum Gasteiger partial charge on any atom is -0.454 e. The van der Waals surface area contributed by atoms with E-state index in [-0.39, 0.29) is 34.8 Å². The monoisotopic (exact) mass is 453 g/mol. The number of hydrogen-bond acceptors (Lipinski definition) is 7.